The van der Waals surface area contributed by atoms with E-state index in [-0.39, 0.29) is 0 Å². The van der Waals surface area contributed by atoms with Gasteiger partial charge in [0, 0.05) is 32.2 Å². The van der Waals surface area contributed by atoms with Gasteiger partial charge in [0.25, 0.3) is 10.2 Å². The molecule has 0 spiro atoms. The predicted molar refractivity (Wildman–Crippen MR) is 85.4 cm³/mol. The number of hydrogen-bond donors (Lipinski definition) is 1. The Labute approximate surface area is 129 Å². The first-order valence-corrected chi connectivity index (χ1v) is 9.41. The SMILES string of the molecule is CNCC1CCN(S(=O)(=O)N2CCC(N(C)C)CC2)CC1. The van der Waals surface area contributed by atoms with Crippen molar-refractivity contribution in [2.75, 3.05) is 53.9 Å². The van der Waals surface area contributed by atoms with E-state index in [2.05, 4.69) is 24.3 Å². The first-order valence-electron chi connectivity index (χ1n) is 8.01. The molecule has 0 radical (unpaired) electrons. The molecule has 2 rings (SSSR count). The summed E-state index contributed by atoms with van der Waals surface area (Å²) < 4.78 is 28.8. The summed E-state index contributed by atoms with van der Waals surface area (Å²) in [6, 6.07) is 0.512. The van der Waals surface area contributed by atoms with Crippen LogP contribution in [0.15, 0.2) is 0 Å². The van der Waals surface area contributed by atoms with Crippen LogP contribution in [-0.4, -0.2) is 81.8 Å². The summed E-state index contributed by atoms with van der Waals surface area (Å²) in [6.07, 6.45) is 3.80. The van der Waals surface area contributed by atoms with Gasteiger partial charge in [0.2, 0.25) is 0 Å². The number of nitrogens with one attached hydrogen (secondary N) is 1. The summed E-state index contributed by atoms with van der Waals surface area (Å²) in [7, 11) is 2.85. The van der Waals surface area contributed by atoms with Crippen LogP contribution in [0.5, 0.6) is 0 Å². The lowest BCUT2D eigenvalue weighted by atomic mass is 9.98. The minimum absolute atomic E-state index is 0.512. The van der Waals surface area contributed by atoms with Crippen LogP contribution >= 0.6 is 0 Å². The predicted octanol–water partition coefficient (Wildman–Crippen LogP) is 0.189. The Hall–Kier alpha value is -0.210. The van der Waals surface area contributed by atoms with Crippen molar-refractivity contribution in [3.8, 4) is 0 Å². The molecule has 0 bridgehead atoms. The highest BCUT2D eigenvalue weighted by Gasteiger charge is 2.35. The summed E-state index contributed by atoms with van der Waals surface area (Å²) in [4.78, 5) is 2.20. The van der Waals surface area contributed by atoms with Gasteiger partial charge in [-0.05, 0) is 59.3 Å². The molecule has 2 fully saturated rings. The van der Waals surface area contributed by atoms with Crippen molar-refractivity contribution in [1.29, 1.82) is 0 Å². The van der Waals surface area contributed by atoms with Crippen molar-refractivity contribution in [1.82, 2.24) is 18.8 Å². The molecule has 2 saturated heterocycles. The molecule has 0 amide bonds. The van der Waals surface area contributed by atoms with Crippen LogP contribution in [0.3, 0.4) is 0 Å². The smallest absolute Gasteiger partial charge is 0.281 e. The molecule has 0 atom stereocenters. The molecule has 2 heterocycles. The highest BCUT2D eigenvalue weighted by Crippen LogP contribution is 2.24. The Kier molecular flexibility index (Phi) is 6.02. The monoisotopic (exact) mass is 318 g/mol. The quantitative estimate of drug-likeness (QED) is 0.786. The third kappa shape index (κ3) is 4.16. The molecule has 0 saturated carbocycles. The molecule has 124 valence electrons. The molecule has 6 nitrogen and oxygen atoms in total. The van der Waals surface area contributed by atoms with Crippen molar-refractivity contribution in [2.24, 2.45) is 5.92 Å². The molecule has 1 N–H and O–H groups in total. The first-order chi connectivity index (χ1) is 9.95. The highest BCUT2D eigenvalue weighted by molar-refractivity contribution is 7.86. The van der Waals surface area contributed by atoms with Crippen LogP contribution in [-0.2, 0) is 10.2 Å². The maximum Gasteiger partial charge on any atom is 0.281 e. The number of piperidine rings is 2. The van der Waals surface area contributed by atoms with Crippen LogP contribution < -0.4 is 5.32 Å². The first kappa shape index (κ1) is 17.1. The van der Waals surface area contributed by atoms with Crippen molar-refractivity contribution in [3.05, 3.63) is 0 Å². The van der Waals surface area contributed by atoms with Crippen molar-refractivity contribution < 1.29 is 8.42 Å². The minimum Gasteiger partial charge on any atom is -0.319 e. The zero-order chi connectivity index (χ0) is 15.5. The maximum absolute atomic E-state index is 12.7. The second-order valence-electron chi connectivity index (χ2n) is 6.50. The van der Waals surface area contributed by atoms with E-state index in [1.54, 1.807) is 8.61 Å². The topological polar surface area (TPSA) is 55.9 Å². The van der Waals surface area contributed by atoms with Gasteiger partial charge >= 0.3 is 0 Å². The van der Waals surface area contributed by atoms with Gasteiger partial charge in [-0.15, -0.1) is 0 Å². The Morgan fingerprint density at radius 2 is 1.48 bits per heavy atom. The van der Waals surface area contributed by atoms with Gasteiger partial charge in [0.1, 0.15) is 0 Å². The third-order valence-corrected chi connectivity index (χ3v) is 6.91. The van der Waals surface area contributed by atoms with Gasteiger partial charge in [-0.2, -0.15) is 17.0 Å². The van der Waals surface area contributed by atoms with E-state index in [1.165, 1.54) is 0 Å². The second kappa shape index (κ2) is 7.37. The summed E-state index contributed by atoms with van der Waals surface area (Å²) in [5.41, 5.74) is 0. The van der Waals surface area contributed by atoms with Gasteiger partial charge in [-0.25, -0.2) is 0 Å². The Morgan fingerprint density at radius 3 is 1.90 bits per heavy atom. The zero-order valence-corrected chi connectivity index (χ0v) is 14.4. The fourth-order valence-electron chi connectivity index (χ4n) is 3.39. The van der Waals surface area contributed by atoms with Crippen LogP contribution in [0.4, 0.5) is 0 Å². The Bertz CT molecular complexity index is 411. The van der Waals surface area contributed by atoms with E-state index < -0.39 is 10.2 Å². The summed E-state index contributed by atoms with van der Waals surface area (Å²) in [5.74, 6) is 0.612. The Balaban J connectivity index is 1.88. The molecular weight excluding hydrogens is 288 g/mol. The van der Waals surface area contributed by atoms with Crippen molar-refractivity contribution in [2.45, 2.75) is 31.7 Å². The Morgan fingerprint density at radius 1 is 1.00 bits per heavy atom. The number of hydrogen-bond acceptors (Lipinski definition) is 4. The minimum atomic E-state index is -3.24. The molecule has 0 aromatic heterocycles. The molecule has 0 unspecified atom stereocenters. The molecule has 0 aromatic rings. The molecule has 0 aliphatic carbocycles. The third-order valence-electron chi connectivity index (χ3n) is 4.87. The maximum atomic E-state index is 12.7. The van der Waals surface area contributed by atoms with E-state index in [4.69, 9.17) is 0 Å². The average molecular weight is 318 g/mol. The van der Waals surface area contributed by atoms with Crippen LogP contribution in [0, 0.1) is 5.92 Å². The molecule has 7 heteroatoms. The fraction of sp³-hybridized carbons (Fsp3) is 1.00. The normalized spacial score (nSPS) is 24.8. The number of nitrogens with zero attached hydrogens (tertiary/aromatic N) is 3. The van der Waals surface area contributed by atoms with Gasteiger partial charge in [0.15, 0.2) is 0 Å². The molecular formula is C14H30N4O2S. The largest absolute Gasteiger partial charge is 0.319 e. The van der Waals surface area contributed by atoms with Crippen LogP contribution in [0.1, 0.15) is 25.7 Å². The van der Waals surface area contributed by atoms with E-state index in [9.17, 15) is 8.42 Å². The molecule has 2 aliphatic heterocycles. The molecule has 2 aliphatic rings. The van der Waals surface area contributed by atoms with E-state index >= 15 is 0 Å². The summed E-state index contributed by atoms with van der Waals surface area (Å²) in [5, 5.41) is 3.19. The van der Waals surface area contributed by atoms with E-state index in [0.29, 0.717) is 38.1 Å². The lowest BCUT2D eigenvalue weighted by Gasteiger charge is -2.39. The summed E-state index contributed by atoms with van der Waals surface area (Å²) >= 11 is 0. The fourth-order valence-corrected chi connectivity index (χ4v) is 5.06. The standard InChI is InChI=1S/C14H30N4O2S/c1-15-12-13-4-8-17(9-5-13)21(19,20)18-10-6-14(7-11-18)16(2)3/h13-15H,4-12H2,1-3H3. The van der Waals surface area contributed by atoms with E-state index in [1.807, 2.05) is 7.05 Å². The average Bonchev–Trinajstić information content (AvgIpc) is 2.48. The number of rotatable bonds is 5. The van der Waals surface area contributed by atoms with Crippen molar-refractivity contribution in [3.63, 3.8) is 0 Å². The van der Waals surface area contributed by atoms with Gasteiger partial charge < -0.3 is 10.2 Å². The molecule has 0 aromatic carbocycles. The zero-order valence-electron chi connectivity index (χ0n) is 13.6. The van der Waals surface area contributed by atoms with Gasteiger partial charge in [-0.3, -0.25) is 0 Å². The van der Waals surface area contributed by atoms with E-state index in [0.717, 1.165) is 32.2 Å². The van der Waals surface area contributed by atoms with Gasteiger partial charge in [-0.1, -0.05) is 0 Å². The van der Waals surface area contributed by atoms with Crippen LogP contribution in [0.25, 0.3) is 0 Å². The van der Waals surface area contributed by atoms with Crippen molar-refractivity contribution >= 4 is 10.2 Å². The summed E-state index contributed by atoms with van der Waals surface area (Å²) in [6.45, 7) is 3.63. The lowest BCUT2D eigenvalue weighted by Crippen LogP contribution is -2.51. The van der Waals surface area contributed by atoms with Gasteiger partial charge in [0.05, 0.1) is 0 Å². The second-order valence-corrected chi connectivity index (χ2v) is 8.43. The molecule has 21 heavy (non-hydrogen) atoms. The lowest BCUT2D eigenvalue weighted by molar-refractivity contribution is 0.184. The highest BCUT2D eigenvalue weighted by atomic mass is 32.2. The van der Waals surface area contributed by atoms with Crippen LogP contribution in [0.2, 0.25) is 0 Å².